The van der Waals surface area contributed by atoms with Crippen LogP contribution in [0.1, 0.15) is 26.2 Å². The molecule has 0 aromatic heterocycles. The van der Waals surface area contributed by atoms with Crippen LogP contribution in [-0.4, -0.2) is 12.0 Å². The van der Waals surface area contributed by atoms with E-state index in [4.69, 9.17) is 0 Å². The molecule has 0 heterocycles. The number of allylic oxidation sites excluding steroid dienone is 2. The van der Waals surface area contributed by atoms with Crippen molar-refractivity contribution in [3.05, 3.63) is 10.5 Å². The monoisotopic (exact) mass is 208 g/mol. The number of rotatable bonds is 1. The Morgan fingerprint density at radius 3 is 2.50 bits per heavy atom. The summed E-state index contributed by atoms with van der Waals surface area (Å²) in [4.78, 5) is 13.5. The quantitative estimate of drug-likeness (QED) is 0.659. The molecule has 0 N–H and O–H groups in total. The van der Waals surface area contributed by atoms with Gasteiger partial charge in [0.1, 0.15) is 0 Å². The van der Waals surface area contributed by atoms with Crippen molar-refractivity contribution in [2.24, 2.45) is 23.7 Å². The van der Waals surface area contributed by atoms with E-state index in [2.05, 4.69) is 6.26 Å². The molecule has 2 bridgehead atoms. The van der Waals surface area contributed by atoms with Crippen molar-refractivity contribution >= 4 is 17.5 Å². The summed E-state index contributed by atoms with van der Waals surface area (Å²) in [5.74, 6) is 3.09. The predicted octanol–water partition coefficient (Wildman–Crippen LogP) is 2.87. The lowest BCUT2D eigenvalue weighted by atomic mass is 9.81. The molecular formula is C12H16OS. The Morgan fingerprint density at radius 2 is 1.86 bits per heavy atom. The molecule has 0 aliphatic heterocycles. The van der Waals surface area contributed by atoms with Crippen LogP contribution in [-0.2, 0) is 4.79 Å². The summed E-state index contributed by atoms with van der Waals surface area (Å²) in [6, 6.07) is 0. The summed E-state index contributed by atoms with van der Waals surface area (Å²) in [5.41, 5.74) is 1.09. The third kappa shape index (κ3) is 0.906. The van der Waals surface area contributed by atoms with E-state index in [1.165, 1.54) is 24.2 Å². The number of thioether (sulfide) groups is 1. The first-order chi connectivity index (χ1) is 6.74. The van der Waals surface area contributed by atoms with E-state index in [1.807, 2.05) is 18.7 Å². The van der Waals surface area contributed by atoms with Crippen LogP contribution >= 0.6 is 11.8 Å². The fourth-order valence-electron chi connectivity index (χ4n) is 3.96. The molecule has 0 aromatic rings. The molecule has 3 rings (SSSR count). The Kier molecular flexibility index (Phi) is 1.85. The largest absolute Gasteiger partial charge is 0.294 e. The molecule has 0 aromatic carbocycles. The first-order valence-corrected chi connectivity index (χ1v) is 6.75. The first-order valence-electron chi connectivity index (χ1n) is 5.53. The minimum atomic E-state index is 0.399. The predicted molar refractivity (Wildman–Crippen MR) is 59.0 cm³/mol. The SMILES string of the molecule is CSC1=C(C)C(=O)C2C3CCC(C3)C12. The van der Waals surface area contributed by atoms with Crippen LogP contribution in [0.5, 0.6) is 0 Å². The molecule has 4 atom stereocenters. The van der Waals surface area contributed by atoms with Gasteiger partial charge in [-0.25, -0.2) is 0 Å². The van der Waals surface area contributed by atoms with Gasteiger partial charge in [-0.05, 0) is 49.2 Å². The van der Waals surface area contributed by atoms with E-state index >= 15 is 0 Å². The van der Waals surface area contributed by atoms with Gasteiger partial charge in [0.25, 0.3) is 0 Å². The Hall–Kier alpha value is -0.240. The number of ketones is 1. The van der Waals surface area contributed by atoms with Crippen LogP contribution in [0, 0.1) is 23.7 Å². The van der Waals surface area contributed by atoms with Crippen LogP contribution in [0.4, 0.5) is 0 Å². The number of Topliss-reactive ketones (excluding diaryl/α,β-unsaturated/α-hetero) is 1. The summed E-state index contributed by atoms with van der Waals surface area (Å²) in [5, 5.41) is 0. The minimum Gasteiger partial charge on any atom is -0.294 e. The van der Waals surface area contributed by atoms with Crippen molar-refractivity contribution < 1.29 is 4.79 Å². The van der Waals surface area contributed by atoms with E-state index in [0.717, 1.165) is 17.4 Å². The topological polar surface area (TPSA) is 17.1 Å². The Bertz CT molecular complexity index is 331. The third-order valence-electron chi connectivity index (χ3n) is 4.48. The van der Waals surface area contributed by atoms with Gasteiger partial charge in [-0.15, -0.1) is 11.8 Å². The van der Waals surface area contributed by atoms with E-state index < -0.39 is 0 Å². The van der Waals surface area contributed by atoms with Gasteiger partial charge in [0.05, 0.1) is 0 Å². The van der Waals surface area contributed by atoms with Crippen molar-refractivity contribution in [2.75, 3.05) is 6.26 Å². The molecule has 2 heteroatoms. The second-order valence-corrected chi connectivity index (χ2v) is 5.79. The molecule has 2 fully saturated rings. The fourth-order valence-corrected chi connectivity index (χ4v) is 4.97. The lowest BCUT2D eigenvalue weighted by molar-refractivity contribution is -0.120. The lowest BCUT2D eigenvalue weighted by Gasteiger charge is -2.25. The zero-order chi connectivity index (χ0) is 9.87. The molecule has 3 aliphatic rings. The van der Waals surface area contributed by atoms with Gasteiger partial charge >= 0.3 is 0 Å². The van der Waals surface area contributed by atoms with Crippen molar-refractivity contribution in [1.29, 1.82) is 0 Å². The van der Waals surface area contributed by atoms with Crippen molar-refractivity contribution in [3.63, 3.8) is 0 Å². The van der Waals surface area contributed by atoms with Gasteiger partial charge in [-0.2, -0.15) is 0 Å². The number of carbonyl (C=O) groups excluding carboxylic acids is 1. The molecular weight excluding hydrogens is 192 g/mol. The Balaban J connectivity index is 2.04. The van der Waals surface area contributed by atoms with E-state index in [1.54, 1.807) is 0 Å². The molecule has 0 saturated heterocycles. The van der Waals surface area contributed by atoms with Gasteiger partial charge in [0.15, 0.2) is 5.78 Å². The van der Waals surface area contributed by atoms with Gasteiger partial charge in [0, 0.05) is 17.4 Å². The van der Waals surface area contributed by atoms with Crippen molar-refractivity contribution in [2.45, 2.75) is 26.2 Å². The molecule has 2 saturated carbocycles. The molecule has 76 valence electrons. The fraction of sp³-hybridized carbons (Fsp3) is 0.750. The third-order valence-corrected chi connectivity index (χ3v) is 5.50. The molecule has 0 spiro atoms. The molecule has 1 nitrogen and oxygen atoms in total. The average Bonchev–Trinajstić information content (AvgIpc) is 2.82. The molecule has 0 amide bonds. The zero-order valence-corrected chi connectivity index (χ0v) is 9.56. The maximum atomic E-state index is 12.1. The summed E-state index contributed by atoms with van der Waals surface area (Å²) in [7, 11) is 0. The van der Waals surface area contributed by atoms with E-state index in [9.17, 15) is 4.79 Å². The number of fused-ring (bicyclic) bond motifs is 5. The van der Waals surface area contributed by atoms with Crippen molar-refractivity contribution in [1.82, 2.24) is 0 Å². The zero-order valence-electron chi connectivity index (χ0n) is 8.75. The standard InChI is InChI=1S/C12H16OS/c1-6-11(13)9-7-3-4-8(5-7)10(9)12(6)14-2/h7-10H,3-5H2,1-2H3. The summed E-state index contributed by atoms with van der Waals surface area (Å²) in [6.07, 6.45) is 6.14. The maximum Gasteiger partial charge on any atom is 0.163 e. The lowest BCUT2D eigenvalue weighted by Crippen LogP contribution is -2.24. The minimum absolute atomic E-state index is 0.399. The second-order valence-electron chi connectivity index (χ2n) is 4.94. The summed E-state index contributed by atoms with van der Waals surface area (Å²) < 4.78 is 0. The van der Waals surface area contributed by atoms with Crippen LogP contribution < -0.4 is 0 Å². The Labute approximate surface area is 89.3 Å². The van der Waals surface area contributed by atoms with E-state index in [-0.39, 0.29) is 0 Å². The number of carbonyl (C=O) groups is 1. The van der Waals surface area contributed by atoms with Crippen LogP contribution in [0.15, 0.2) is 10.5 Å². The van der Waals surface area contributed by atoms with Crippen LogP contribution in [0.3, 0.4) is 0 Å². The van der Waals surface area contributed by atoms with Gasteiger partial charge in [-0.1, -0.05) is 0 Å². The molecule has 4 unspecified atom stereocenters. The highest BCUT2D eigenvalue weighted by Gasteiger charge is 2.55. The van der Waals surface area contributed by atoms with Crippen LogP contribution in [0.25, 0.3) is 0 Å². The normalized spacial score (nSPS) is 45.1. The highest BCUT2D eigenvalue weighted by molar-refractivity contribution is 8.02. The summed E-state index contributed by atoms with van der Waals surface area (Å²) in [6.45, 7) is 2.03. The first kappa shape index (κ1) is 9.02. The molecule has 0 radical (unpaired) electrons. The van der Waals surface area contributed by atoms with E-state index in [0.29, 0.717) is 17.6 Å². The van der Waals surface area contributed by atoms with Gasteiger partial charge in [0.2, 0.25) is 0 Å². The second kappa shape index (κ2) is 2.88. The highest BCUT2D eigenvalue weighted by atomic mass is 32.2. The smallest absolute Gasteiger partial charge is 0.163 e. The summed E-state index contributed by atoms with van der Waals surface area (Å²) >= 11 is 1.82. The van der Waals surface area contributed by atoms with Crippen molar-refractivity contribution in [3.8, 4) is 0 Å². The number of hydrogen-bond acceptors (Lipinski definition) is 2. The average molecular weight is 208 g/mol. The van der Waals surface area contributed by atoms with Gasteiger partial charge in [-0.3, -0.25) is 4.79 Å². The molecule has 3 aliphatic carbocycles. The maximum absolute atomic E-state index is 12.1. The van der Waals surface area contributed by atoms with Crippen LogP contribution in [0.2, 0.25) is 0 Å². The van der Waals surface area contributed by atoms with Gasteiger partial charge < -0.3 is 0 Å². The highest BCUT2D eigenvalue weighted by Crippen LogP contribution is 2.60. The number of hydrogen-bond donors (Lipinski definition) is 0. The Morgan fingerprint density at radius 1 is 1.21 bits per heavy atom. The molecule has 14 heavy (non-hydrogen) atoms.